The number of hydrogen-bond acceptors (Lipinski definition) is 3. The van der Waals surface area contributed by atoms with Crippen LogP contribution in [0, 0.1) is 5.92 Å². The van der Waals surface area contributed by atoms with Crippen molar-refractivity contribution in [3.05, 3.63) is 35.4 Å². The first-order valence-corrected chi connectivity index (χ1v) is 4.50. The number of Topliss-reactive ketones (excluding diaryl/α,β-unsaturated/α-hetero) is 1. The highest BCUT2D eigenvalue weighted by atomic mass is 16.4. The quantitative estimate of drug-likeness (QED) is 0.633. The molecule has 1 aliphatic carbocycles. The summed E-state index contributed by atoms with van der Waals surface area (Å²) in [5, 5.41) is 10.6. The summed E-state index contributed by atoms with van der Waals surface area (Å²) in [4.78, 5) is 22.2. The Morgan fingerprint density at radius 2 is 2.00 bits per heavy atom. The van der Waals surface area contributed by atoms with E-state index in [4.69, 9.17) is 0 Å². The maximum Gasteiger partial charge on any atom is 0.163 e. The van der Waals surface area contributed by atoms with Crippen LogP contribution in [0.25, 0.3) is 0 Å². The average molecular weight is 189 g/mol. The van der Waals surface area contributed by atoms with Crippen molar-refractivity contribution in [2.24, 2.45) is 5.92 Å². The van der Waals surface area contributed by atoms with Gasteiger partial charge in [0, 0.05) is 23.9 Å². The minimum absolute atomic E-state index is 0.0688. The zero-order valence-electron chi connectivity index (χ0n) is 7.53. The van der Waals surface area contributed by atoms with Gasteiger partial charge in [-0.25, -0.2) is 0 Å². The third-order valence-corrected chi connectivity index (χ3v) is 2.55. The van der Waals surface area contributed by atoms with Crippen molar-refractivity contribution < 1.29 is 14.7 Å². The lowest BCUT2D eigenvalue weighted by molar-refractivity contribution is -0.311. The maximum absolute atomic E-state index is 11.5. The number of carboxylic acids is 1. The second-order valence-electron chi connectivity index (χ2n) is 3.50. The van der Waals surface area contributed by atoms with Crippen molar-refractivity contribution in [1.29, 1.82) is 0 Å². The second kappa shape index (κ2) is 3.25. The van der Waals surface area contributed by atoms with Crippen molar-refractivity contribution in [2.45, 2.75) is 12.8 Å². The van der Waals surface area contributed by atoms with Gasteiger partial charge in [0.25, 0.3) is 0 Å². The third-order valence-electron chi connectivity index (χ3n) is 2.55. The molecule has 3 nitrogen and oxygen atoms in total. The minimum Gasteiger partial charge on any atom is -0.550 e. The van der Waals surface area contributed by atoms with E-state index in [1.165, 1.54) is 0 Å². The van der Waals surface area contributed by atoms with Crippen LogP contribution in [0.5, 0.6) is 0 Å². The van der Waals surface area contributed by atoms with Crippen molar-refractivity contribution in [3.8, 4) is 0 Å². The molecule has 1 aromatic rings. The summed E-state index contributed by atoms with van der Waals surface area (Å²) < 4.78 is 0. The molecule has 14 heavy (non-hydrogen) atoms. The first-order valence-electron chi connectivity index (χ1n) is 4.50. The molecule has 1 unspecified atom stereocenters. The Kier molecular flexibility index (Phi) is 2.08. The van der Waals surface area contributed by atoms with E-state index in [2.05, 4.69) is 0 Å². The lowest BCUT2D eigenvalue weighted by atomic mass is 9.83. The summed E-state index contributed by atoms with van der Waals surface area (Å²) >= 11 is 0. The van der Waals surface area contributed by atoms with E-state index in [0.29, 0.717) is 12.0 Å². The Balaban J connectivity index is 2.38. The van der Waals surface area contributed by atoms with Crippen LogP contribution >= 0.6 is 0 Å². The molecule has 72 valence electrons. The molecule has 0 N–H and O–H groups in total. The van der Waals surface area contributed by atoms with Gasteiger partial charge in [-0.2, -0.15) is 0 Å². The molecule has 0 fully saturated rings. The fourth-order valence-corrected chi connectivity index (χ4v) is 1.81. The van der Waals surface area contributed by atoms with E-state index in [9.17, 15) is 14.7 Å². The van der Waals surface area contributed by atoms with Crippen LogP contribution in [0.1, 0.15) is 22.3 Å². The smallest absolute Gasteiger partial charge is 0.163 e. The first-order chi connectivity index (χ1) is 6.68. The van der Waals surface area contributed by atoms with E-state index in [-0.39, 0.29) is 12.2 Å². The molecule has 1 aliphatic rings. The van der Waals surface area contributed by atoms with E-state index < -0.39 is 11.9 Å². The molecule has 0 aliphatic heterocycles. The molecule has 0 spiro atoms. The van der Waals surface area contributed by atoms with Gasteiger partial charge in [-0.15, -0.1) is 0 Å². The number of carboxylic acid groups (broad SMARTS) is 1. The van der Waals surface area contributed by atoms with Crippen LogP contribution in [-0.4, -0.2) is 11.8 Å². The van der Waals surface area contributed by atoms with Gasteiger partial charge in [0.15, 0.2) is 5.78 Å². The number of fused-ring (bicyclic) bond motifs is 1. The molecule has 0 heterocycles. The van der Waals surface area contributed by atoms with Gasteiger partial charge >= 0.3 is 0 Å². The van der Waals surface area contributed by atoms with Gasteiger partial charge in [-0.05, 0) is 12.0 Å². The fraction of sp³-hybridized carbons (Fsp3) is 0.273. The maximum atomic E-state index is 11.5. The van der Waals surface area contributed by atoms with Gasteiger partial charge in [0.1, 0.15) is 0 Å². The zero-order valence-corrected chi connectivity index (χ0v) is 7.53. The van der Waals surface area contributed by atoms with Gasteiger partial charge in [0.05, 0.1) is 0 Å². The molecular formula is C11H9O3-. The van der Waals surface area contributed by atoms with Gasteiger partial charge < -0.3 is 9.90 Å². The molecule has 0 amide bonds. The first kappa shape index (κ1) is 8.94. The molecule has 3 heteroatoms. The molecule has 2 rings (SSSR count). The summed E-state index contributed by atoms with van der Waals surface area (Å²) in [6.07, 6.45) is 0.476. The number of ketones is 1. The number of carbonyl (C=O) groups excluding carboxylic acids is 2. The number of aliphatic carboxylic acids is 1. The molecule has 1 atom stereocenters. The summed E-state index contributed by atoms with van der Waals surface area (Å²) in [6, 6.07) is 7.13. The predicted octanol–water partition coefficient (Wildman–Crippen LogP) is 0.182. The monoisotopic (exact) mass is 189 g/mol. The highest BCUT2D eigenvalue weighted by Crippen LogP contribution is 2.24. The van der Waals surface area contributed by atoms with E-state index in [1.807, 2.05) is 6.07 Å². The summed E-state index contributed by atoms with van der Waals surface area (Å²) in [7, 11) is 0. The highest BCUT2D eigenvalue weighted by molar-refractivity contribution is 6.00. The van der Waals surface area contributed by atoms with Crippen LogP contribution < -0.4 is 5.11 Å². The summed E-state index contributed by atoms with van der Waals surface area (Å²) in [5.41, 5.74) is 1.47. The van der Waals surface area contributed by atoms with Crippen molar-refractivity contribution in [1.82, 2.24) is 0 Å². The molecule has 0 saturated carbocycles. The van der Waals surface area contributed by atoms with Crippen molar-refractivity contribution >= 4 is 11.8 Å². The van der Waals surface area contributed by atoms with Crippen LogP contribution in [0.4, 0.5) is 0 Å². The van der Waals surface area contributed by atoms with Gasteiger partial charge in [-0.1, -0.05) is 24.3 Å². The Labute approximate surface area is 81.4 Å². The zero-order chi connectivity index (χ0) is 10.1. The standard InChI is InChI=1S/C11H10O3/c12-10-6-8(11(13)14)5-7-3-1-2-4-9(7)10/h1-4,8H,5-6H2,(H,13,14)/p-1. The third kappa shape index (κ3) is 1.41. The Morgan fingerprint density at radius 3 is 2.71 bits per heavy atom. The number of benzene rings is 1. The predicted molar refractivity (Wildman–Crippen MR) is 47.6 cm³/mol. The van der Waals surface area contributed by atoms with Gasteiger partial charge in [0.2, 0.25) is 0 Å². The van der Waals surface area contributed by atoms with Crippen LogP contribution in [-0.2, 0) is 11.2 Å². The van der Waals surface area contributed by atoms with E-state index in [0.717, 1.165) is 5.56 Å². The normalized spacial score (nSPS) is 20.3. The molecular weight excluding hydrogens is 180 g/mol. The summed E-state index contributed by atoms with van der Waals surface area (Å²) in [6.45, 7) is 0. The van der Waals surface area contributed by atoms with E-state index in [1.54, 1.807) is 18.2 Å². The lowest BCUT2D eigenvalue weighted by Crippen LogP contribution is -2.36. The van der Waals surface area contributed by atoms with Crippen molar-refractivity contribution in [2.75, 3.05) is 0 Å². The van der Waals surface area contributed by atoms with Gasteiger partial charge in [-0.3, -0.25) is 4.79 Å². The van der Waals surface area contributed by atoms with E-state index >= 15 is 0 Å². The summed E-state index contributed by atoms with van der Waals surface area (Å²) in [5.74, 6) is -1.88. The average Bonchev–Trinajstić information content (AvgIpc) is 2.17. The molecule has 0 saturated heterocycles. The number of hydrogen-bond donors (Lipinski definition) is 0. The Hall–Kier alpha value is -1.64. The van der Waals surface area contributed by atoms with Crippen LogP contribution in [0.2, 0.25) is 0 Å². The van der Waals surface area contributed by atoms with Crippen LogP contribution in [0.3, 0.4) is 0 Å². The Morgan fingerprint density at radius 1 is 1.29 bits per heavy atom. The number of carbonyl (C=O) groups is 2. The largest absolute Gasteiger partial charge is 0.550 e. The van der Waals surface area contributed by atoms with Crippen molar-refractivity contribution in [3.63, 3.8) is 0 Å². The molecule has 0 bridgehead atoms. The number of rotatable bonds is 1. The lowest BCUT2D eigenvalue weighted by Gasteiger charge is -2.23. The molecule has 1 aromatic carbocycles. The molecule has 0 radical (unpaired) electrons. The topological polar surface area (TPSA) is 57.2 Å². The molecule has 0 aromatic heterocycles. The highest BCUT2D eigenvalue weighted by Gasteiger charge is 2.24. The Bertz CT molecular complexity index is 395. The SMILES string of the molecule is O=C1CC(C(=O)[O-])Cc2ccccc21. The fourth-order valence-electron chi connectivity index (χ4n) is 1.81. The minimum atomic E-state index is -1.13. The second-order valence-corrected chi connectivity index (χ2v) is 3.50. The van der Waals surface area contributed by atoms with Crippen LogP contribution in [0.15, 0.2) is 24.3 Å².